The number of benzene rings is 1. The summed E-state index contributed by atoms with van der Waals surface area (Å²) in [5, 5.41) is 18.1. The molecule has 0 saturated heterocycles. The number of aliphatic hydroxyl groups is 1. The molecule has 0 fully saturated rings. The summed E-state index contributed by atoms with van der Waals surface area (Å²) in [7, 11) is 0. The normalized spacial score (nSPS) is 13.4. The van der Waals surface area contributed by atoms with Gasteiger partial charge >= 0.3 is 12.0 Å². The summed E-state index contributed by atoms with van der Waals surface area (Å²) < 4.78 is 0. The lowest BCUT2D eigenvalue weighted by Gasteiger charge is -2.30. The van der Waals surface area contributed by atoms with E-state index >= 15 is 0 Å². The Bertz CT molecular complexity index is 557. The number of hydrogen-bond acceptors (Lipinski definition) is 3. The third kappa shape index (κ3) is 3.16. The maximum Gasteiger partial charge on any atom is 0.335 e. The van der Waals surface area contributed by atoms with E-state index in [1.807, 2.05) is 13.8 Å². The molecule has 0 spiro atoms. The monoisotopic (exact) mass is 292 g/mol. The Hall–Kier alpha value is -2.08. The van der Waals surface area contributed by atoms with Crippen LogP contribution in [0.1, 0.15) is 35.3 Å². The van der Waals surface area contributed by atoms with Crippen LogP contribution in [0.4, 0.5) is 4.79 Å². The Kier molecular flexibility index (Phi) is 4.47. The van der Waals surface area contributed by atoms with Crippen LogP contribution in [0.25, 0.3) is 0 Å². The number of carboxylic acids is 1. The SMILES string of the molecule is CC(C)N(CCO)C(=O)N1Cc2ccc(C(=O)O)cc2C1. The lowest BCUT2D eigenvalue weighted by Crippen LogP contribution is -2.45. The van der Waals surface area contributed by atoms with Gasteiger partial charge in [-0.15, -0.1) is 0 Å². The summed E-state index contributed by atoms with van der Waals surface area (Å²) in [5.74, 6) is -0.966. The van der Waals surface area contributed by atoms with E-state index in [1.165, 1.54) is 0 Å². The topological polar surface area (TPSA) is 81.1 Å². The van der Waals surface area contributed by atoms with Crippen LogP contribution in [-0.4, -0.2) is 51.2 Å². The maximum absolute atomic E-state index is 12.5. The molecule has 0 atom stereocenters. The average Bonchev–Trinajstić information content (AvgIpc) is 2.86. The van der Waals surface area contributed by atoms with Gasteiger partial charge in [0.15, 0.2) is 0 Å². The van der Waals surface area contributed by atoms with Gasteiger partial charge in [0.2, 0.25) is 0 Å². The smallest absolute Gasteiger partial charge is 0.335 e. The minimum atomic E-state index is -0.966. The lowest BCUT2D eigenvalue weighted by atomic mass is 10.1. The predicted octanol–water partition coefficient (Wildman–Crippen LogP) is 1.52. The standard InChI is InChI=1S/C15H20N2O4/c1-10(2)17(5-6-18)15(21)16-8-12-4-3-11(14(19)20)7-13(12)9-16/h3-4,7,10,18H,5-6,8-9H2,1-2H3,(H,19,20). The number of aromatic carboxylic acids is 1. The molecule has 0 radical (unpaired) electrons. The Morgan fingerprint density at radius 3 is 2.52 bits per heavy atom. The molecular weight excluding hydrogens is 272 g/mol. The second kappa shape index (κ2) is 6.13. The van der Waals surface area contributed by atoms with Crippen LogP contribution in [-0.2, 0) is 13.1 Å². The van der Waals surface area contributed by atoms with Crippen molar-refractivity contribution in [3.05, 3.63) is 34.9 Å². The van der Waals surface area contributed by atoms with Crippen molar-refractivity contribution in [3.8, 4) is 0 Å². The molecule has 6 nitrogen and oxygen atoms in total. The van der Waals surface area contributed by atoms with Gasteiger partial charge in [-0.1, -0.05) is 6.07 Å². The average molecular weight is 292 g/mol. The maximum atomic E-state index is 12.5. The molecule has 1 aromatic rings. The largest absolute Gasteiger partial charge is 0.478 e. The van der Waals surface area contributed by atoms with Gasteiger partial charge in [-0.05, 0) is 37.1 Å². The van der Waals surface area contributed by atoms with Crippen LogP contribution in [0.3, 0.4) is 0 Å². The number of urea groups is 1. The molecule has 0 aromatic heterocycles. The number of hydrogen-bond donors (Lipinski definition) is 2. The molecule has 2 amide bonds. The molecule has 1 heterocycles. The molecule has 1 aliphatic heterocycles. The minimum Gasteiger partial charge on any atom is -0.478 e. The van der Waals surface area contributed by atoms with Gasteiger partial charge < -0.3 is 20.0 Å². The number of amides is 2. The molecule has 0 aliphatic carbocycles. The molecule has 1 aliphatic rings. The Morgan fingerprint density at radius 1 is 1.29 bits per heavy atom. The molecule has 0 bridgehead atoms. The molecule has 0 unspecified atom stereocenters. The highest BCUT2D eigenvalue weighted by Crippen LogP contribution is 2.25. The summed E-state index contributed by atoms with van der Waals surface area (Å²) in [6, 6.07) is 4.81. The van der Waals surface area contributed by atoms with Crippen molar-refractivity contribution in [2.45, 2.75) is 33.0 Å². The molecule has 2 rings (SSSR count). The van der Waals surface area contributed by atoms with Gasteiger partial charge in [0.1, 0.15) is 0 Å². The number of carbonyl (C=O) groups is 2. The fourth-order valence-corrected chi connectivity index (χ4v) is 2.53. The van der Waals surface area contributed by atoms with E-state index in [4.69, 9.17) is 10.2 Å². The third-order valence-electron chi connectivity index (χ3n) is 3.66. The summed E-state index contributed by atoms with van der Waals surface area (Å²) in [6.07, 6.45) is 0. The number of nitrogens with zero attached hydrogens (tertiary/aromatic N) is 2. The van der Waals surface area contributed by atoms with Crippen molar-refractivity contribution in [3.63, 3.8) is 0 Å². The van der Waals surface area contributed by atoms with Crippen molar-refractivity contribution in [2.75, 3.05) is 13.2 Å². The van der Waals surface area contributed by atoms with Crippen molar-refractivity contribution < 1.29 is 19.8 Å². The van der Waals surface area contributed by atoms with Gasteiger partial charge in [-0.25, -0.2) is 9.59 Å². The first-order valence-electron chi connectivity index (χ1n) is 6.95. The van der Waals surface area contributed by atoms with Crippen molar-refractivity contribution in [1.82, 2.24) is 9.80 Å². The van der Waals surface area contributed by atoms with E-state index in [1.54, 1.807) is 28.0 Å². The highest BCUT2D eigenvalue weighted by molar-refractivity contribution is 5.88. The number of aliphatic hydroxyl groups excluding tert-OH is 1. The summed E-state index contributed by atoms with van der Waals surface area (Å²) in [6.45, 7) is 4.91. The molecule has 114 valence electrons. The number of carbonyl (C=O) groups excluding carboxylic acids is 1. The molecule has 21 heavy (non-hydrogen) atoms. The fourth-order valence-electron chi connectivity index (χ4n) is 2.53. The van der Waals surface area contributed by atoms with Crippen LogP contribution < -0.4 is 0 Å². The van der Waals surface area contributed by atoms with E-state index in [-0.39, 0.29) is 24.2 Å². The molecule has 1 aromatic carbocycles. The number of rotatable bonds is 4. The zero-order chi connectivity index (χ0) is 15.6. The summed E-state index contributed by atoms with van der Waals surface area (Å²) in [4.78, 5) is 26.8. The van der Waals surface area contributed by atoms with E-state index in [9.17, 15) is 9.59 Å². The van der Waals surface area contributed by atoms with E-state index in [0.29, 0.717) is 19.6 Å². The summed E-state index contributed by atoms with van der Waals surface area (Å²) in [5.41, 5.74) is 2.08. The molecule has 0 saturated carbocycles. The lowest BCUT2D eigenvalue weighted by molar-refractivity contribution is 0.0696. The van der Waals surface area contributed by atoms with Crippen LogP contribution in [0.5, 0.6) is 0 Å². The Morgan fingerprint density at radius 2 is 1.95 bits per heavy atom. The van der Waals surface area contributed by atoms with Gasteiger partial charge in [-0.3, -0.25) is 0 Å². The van der Waals surface area contributed by atoms with Gasteiger partial charge in [0, 0.05) is 25.7 Å². The predicted molar refractivity (Wildman–Crippen MR) is 77.0 cm³/mol. The van der Waals surface area contributed by atoms with E-state index < -0.39 is 5.97 Å². The molecule has 6 heteroatoms. The Labute approximate surface area is 123 Å². The fraction of sp³-hybridized carbons (Fsp3) is 0.467. The zero-order valence-electron chi connectivity index (χ0n) is 12.2. The van der Waals surface area contributed by atoms with Crippen molar-refractivity contribution in [1.29, 1.82) is 0 Å². The van der Waals surface area contributed by atoms with Crippen LogP contribution >= 0.6 is 0 Å². The van der Waals surface area contributed by atoms with E-state index in [2.05, 4.69) is 0 Å². The first-order valence-corrected chi connectivity index (χ1v) is 6.95. The van der Waals surface area contributed by atoms with Crippen molar-refractivity contribution in [2.24, 2.45) is 0 Å². The highest BCUT2D eigenvalue weighted by Gasteiger charge is 2.28. The first-order chi connectivity index (χ1) is 9.93. The number of carboxylic acid groups (broad SMARTS) is 1. The highest BCUT2D eigenvalue weighted by atomic mass is 16.4. The second-order valence-corrected chi connectivity index (χ2v) is 5.44. The van der Waals surface area contributed by atoms with Crippen LogP contribution in [0.2, 0.25) is 0 Å². The van der Waals surface area contributed by atoms with E-state index in [0.717, 1.165) is 11.1 Å². The quantitative estimate of drug-likeness (QED) is 0.881. The number of fused-ring (bicyclic) bond motifs is 1. The zero-order valence-corrected chi connectivity index (χ0v) is 12.2. The first kappa shape index (κ1) is 15.3. The molecular formula is C15H20N2O4. The van der Waals surface area contributed by atoms with Crippen LogP contribution in [0, 0.1) is 0 Å². The minimum absolute atomic E-state index is 0.00272. The van der Waals surface area contributed by atoms with Gasteiger partial charge in [-0.2, -0.15) is 0 Å². The summed E-state index contributed by atoms with van der Waals surface area (Å²) >= 11 is 0. The van der Waals surface area contributed by atoms with Crippen LogP contribution in [0.15, 0.2) is 18.2 Å². The van der Waals surface area contributed by atoms with Crippen molar-refractivity contribution >= 4 is 12.0 Å². The van der Waals surface area contributed by atoms with Gasteiger partial charge in [0.25, 0.3) is 0 Å². The van der Waals surface area contributed by atoms with Gasteiger partial charge in [0.05, 0.1) is 12.2 Å². The third-order valence-corrected chi connectivity index (χ3v) is 3.66. The Balaban J connectivity index is 2.15. The second-order valence-electron chi connectivity index (χ2n) is 5.44. The molecule has 2 N–H and O–H groups in total.